The number of rotatable bonds is 6. The number of benzene rings is 2. The van der Waals surface area contributed by atoms with Crippen molar-refractivity contribution in [3.8, 4) is 0 Å². The molecule has 0 aromatic heterocycles. The third-order valence-corrected chi connectivity index (χ3v) is 4.45. The Hall–Kier alpha value is -2.87. The quantitative estimate of drug-likeness (QED) is 0.734. The predicted molar refractivity (Wildman–Crippen MR) is 98.5 cm³/mol. The molecule has 0 saturated carbocycles. The van der Waals surface area contributed by atoms with E-state index in [-0.39, 0.29) is 12.2 Å². The van der Waals surface area contributed by atoms with Gasteiger partial charge in [0.15, 0.2) is 0 Å². The van der Waals surface area contributed by atoms with Crippen molar-refractivity contribution in [2.75, 3.05) is 19.0 Å². The van der Waals surface area contributed by atoms with Gasteiger partial charge in [0.1, 0.15) is 5.60 Å². The Labute approximate surface area is 160 Å². The van der Waals surface area contributed by atoms with Gasteiger partial charge in [-0.1, -0.05) is 43.3 Å². The smallest absolute Gasteiger partial charge is 0.372 e. The molecule has 5 nitrogen and oxygen atoms in total. The number of nitrogens with one attached hydrogen (secondary N) is 2. The van der Waals surface area contributed by atoms with Crippen LogP contribution in [-0.2, 0) is 26.1 Å². The minimum Gasteiger partial charge on any atom is -0.372 e. The maximum atomic E-state index is 12.7. The van der Waals surface area contributed by atoms with Gasteiger partial charge in [-0.3, -0.25) is 9.59 Å². The van der Waals surface area contributed by atoms with Crippen LogP contribution in [0.4, 0.5) is 18.9 Å². The number of carbonyl (C=O) groups is 2. The molecule has 2 aromatic rings. The van der Waals surface area contributed by atoms with Gasteiger partial charge in [0, 0.05) is 12.8 Å². The molecule has 0 radical (unpaired) electrons. The van der Waals surface area contributed by atoms with Crippen LogP contribution in [-0.4, -0.2) is 25.5 Å². The molecular formula is C20H21F3N2O3. The Bertz CT molecular complexity index is 819. The lowest BCUT2D eigenvalue weighted by molar-refractivity contribution is -0.137. The van der Waals surface area contributed by atoms with Gasteiger partial charge in [0.05, 0.1) is 12.1 Å². The minimum absolute atomic E-state index is 0.0266. The number of methoxy groups -OCH3 is 1. The Kier molecular flexibility index (Phi) is 6.80. The third-order valence-electron chi connectivity index (χ3n) is 4.45. The lowest BCUT2D eigenvalue weighted by Crippen LogP contribution is -2.45. The first-order valence-corrected chi connectivity index (χ1v) is 8.59. The summed E-state index contributed by atoms with van der Waals surface area (Å²) in [5.41, 5.74) is -1.03. The maximum absolute atomic E-state index is 12.7. The van der Waals surface area contributed by atoms with Crippen molar-refractivity contribution in [3.05, 3.63) is 65.7 Å². The van der Waals surface area contributed by atoms with Crippen molar-refractivity contribution in [2.24, 2.45) is 0 Å². The average Bonchev–Trinajstić information content (AvgIpc) is 2.69. The molecule has 0 heterocycles. The summed E-state index contributed by atoms with van der Waals surface area (Å²) >= 11 is 0. The molecule has 2 aromatic carbocycles. The third kappa shape index (κ3) is 5.10. The minimum atomic E-state index is -4.54. The molecule has 28 heavy (non-hydrogen) atoms. The van der Waals surface area contributed by atoms with Crippen LogP contribution in [0.1, 0.15) is 24.5 Å². The summed E-state index contributed by atoms with van der Waals surface area (Å²) in [6, 6.07) is 13.3. The van der Waals surface area contributed by atoms with Crippen molar-refractivity contribution in [1.82, 2.24) is 5.32 Å². The summed E-state index contributed by atoms with van der Waals surface area (Å²) in [6.45, 7) is 1.91. The van der Waals surface area contributed by atoms with Crippen molar-refractivity contribution in [1.29, 1.82) is 0 Å². The largest absolute Gasteiger partial charge is 0.416 e. The Morgan fingerprint density at radius 3 is 2.18 bits per heavy atom. The summed E-state index contributed by atoms with van der Waals surface area (Å²) in [5.74, 6) is -2.03. The van der Waals surface area contributed by atoms with E-state index in [1.165, 1.54) is 13.2 Å². The number of hydrogen-bond donors (Lipinski definition) is 2. The number of alkyl halides is 3. The van der Waals surface area contributed by atoms with Crippen LogP contribution in [0.25, 0.3) is 0 Å². The number of halogens is 3. The van der Waals surface area contributed by atoms with E-state index in [1.54, 1.807) is 0 Å². The van der Waals surface area contributed by atoms with Gasteiger partial charge < -0.3 is 15.4 Å². The van der Waals surface area contributed by atoms with E-state index in [0.29, 0.717) is 6.42 Å². The van der Waals surface area contributed by atoms with Gasteiger partial charge in [0.25, 0.3) is 0 Å². The molecule has 0 fully saturated rings. The summed E-state index contributed by atoms with van der Waals surface area (Å²) in [4.78, 5) is 24.2. The topological polar surface area (TPSA) is 67.4 Å². The molecule has 1 atom stereocenters. The van der Waals surface area contributed by atoms with Crippen LogP contribution in [0.15, 0.2) is 54.6 Å². The normalized spacial score (nSPS) is 13.5. The van der Waals surface area contributed by atoms with Crippen LogP contribution in [0.5, 0.6) is 0 Å². The van der Waals surface area contributed by atoms with Crippen LogP contribution in [0.2, 0.25) is 0 Å². The zero-order chi connectivity index (χ0) is 20.8. The number of ether oxygens (including phenoxy) is 1. The van der Waals surface area contributed by atoms with Crippen LogP contribution < -0.4 is 10.6 Å². The zero-order valence-corrected chi connectivity index (χ0v) is 15.5. The lowest BCUT2D eigenvalue weighted by Gasteiger charge is -2.32. The highest BCUT2D eigenvalue weighted by Crippen LogP contribution is 2.31. The van der Waals surface area contributed by atoms with Crippen LogP contribution >= 0.6 is 0 Å². The van der Waals surface area contributed by atoms with Gasteiger partial charge in [-0.25, -0.2) is 0 Å². The SMILES string of the molecule is CCC(CNC(=O)C(=O)Nc1cccc(C(F)(F)F)c1)(OC)c1ccccc1. The van der Waals surface area contributed by atoms with E-state index in [1.807, 2.05) is 37.3 Å². The Balaban J connectivity index is 2.05. The fraction of sp³-hybridized carbons (Fsp3) is 0.300. The molecule has 2 N–H and O–H groups in total. The Morgan fingerprint density at radius 1 is 0.964 bits per heavy atom. The summed E-state index contributed by atoms with van der Waals surface area (Å²) < 4.78 is 43.9. The van der Waals surface area contributed by atoms with Crippen LogP contribution in [0.3, 0.4) is 0 Å². The maximum Gasteiger partial charge on any atom is 0.416 e. The molecule has 150 valence electrons. The molecule has 0 aliphatic rings. The van der Waals surface area contributed by atoms with E-state index in [0.717, 1.165) is 23.8 Å². The highest BCUT2D eigenvalue weighted by Gasteiger charge is 2.32. The first-order valence-electron chi connectivity index (χ1n) is 8.59. The zero-order valence-electron chi connectivity index (χ0n) is 15.5. The van der Waals surface area contributed by atoms with E-state index < -0.39 is 29.2 Å². The number of hydrogen-bond acceptors (Lipinski definition) is 3. The molecule has 0 spiro atoms. The van der Waals surface area contributed by atoms with E-state index in [4.69, 9.17) is 4.74 Å². The van der Waals surface area contributed by atoms with Gasteiger partial charge in [-0.05, 0) is 30.2 Å². The highest BCUT2D eigenvalue weighted by atomic mass is 19.4. The van der Waals surface area contributed by atoms with Crippen molar-refractivity contribution in [3.63, 3.8) is 0 Å². The predicted octanol–water partition coefficient (Wildman–Crippen LogP) is 3.71. The van der Waals surface area contributed by atoms with Gasteiger partial charge in [0.2, 0.25) is 0 Å². The average molecular weight is 394 g/mol. The van der Waals surface area contributed by atoms with Crippen molar-refractivity contribution in [2.45, 2.75) is 25.1 Å². The standard InChI is InChI=1S/C20H21F3N2O3/c1-3-19(28-2,14-8-5-4-6-9-14)13-24-17(26)18(27)25-16-11-7-10-15(12-16)20(21,22)23/h4-12H,3,13H2,1-2H3,(H,24,26)(H,25,27). The first kappa shape index (κ1) is 21.4. The molecule has 0 aliphatic heterocycles. The second kappa shape index (κ2) is 8.88. The summed E-state index contributed by atoms with van der Waals surface area (Å²) in [7, 11) is 1.51. The Morgan fingerprint density at radius 2 is 1.61 bits per heavy atom. The molecule has 8 heteroatoms. The molecule has 2 amide bonds. The fourth-order valence-corrected chi connectivity index (χ4v) is 2.77. The monoisotopic (exact) mass is 394 g/mol. The molecule has 2 rings (SSSR count). The highest BCUT2D eigenvalue weighted by molar-refractivity contribution is 6.39. The van der Waals surface area contributed by atoms with E-state index >= 15 is 0 Å². The molecule has 0 saturated heterocycles. The molecule has 0 bridgehead atoms. The molecule has 0 aliphatic carbocycles. The first-order chi connectivity index (χ1) is 13.2. The fourth-order valence-electron chi connectivity index (χ4n) is 2.77. The number of carbonyl (C=O) groups excluding carboxylic acids is 2. The van der Waals surface area contributed by atoms with Gasteiger partial charge >= 0.3 is 18.0 Å². The molecule has 1 unspecified atom stereocenters. The number of anilines is 1. The van der Waals surface area contributed by atoms with E-state index in [9.17, 15) is 22.8 Å². The lowest BCUT2D eigenvalue weighted by atomic mass is 9.90. The van der Waals surface area contributed by atoms with Gasteiger partial charge in [-0.15, -0.1) is 0 Å². The van der Waals surface area contributed by atoms with E-state index in [2.05, 4.69) is 10.6 Å². The second-order valence-corrected chi connectivity index (χ2v) is 6.13. The second-order valence-electron chi connectivity index (χ2n) is 6.13. The van der Waals surface area contributed by atoms with Crippen molar-refractivity contribution >= 4 is 17.5 Å². The van der Waals surface area contributed by atoms with Crippen molar-refractivity contribution < 1.29 is 27.5 Å². The van der Waals surface area contributed by atoms with Gasteiger partial charge in [-0.2, -0.15) is 13.2 Å². The van der Waals surface area contributed by atoms with Crippen LogP contribution in [0, 0.1) is 0 Å². The molecular weight excluding hydrogens is 373 g/mol. The summed E-state index contributed by atoms with van der Waals surface area (Å²) in [6.07, 6.45) is -4.01. The summed E-state index contributed by atoms with van der Waals surface area (Å²) in [5, 5.41) is 4.67. The number of amides is 2.